The van der Waals surface area contributed by atoms with Crippen LogP contribution in [0.1, 0.15) is 11.9 Å². The molecule has 10 heavy (non-hydrogen) atoms. The molecule has 1 rings (SSSR count). The number of aliphatic hydroxyl groups excluding tert-OH is 1. The zero-order valence-corrected chi connectivity index (χ0v) is 5.16. The summed E-state index contributed by atoms with van der Waals surface area (Å²) in [6.45, 7) is -0.235. The summed E-state index contributed by atoms with van der Waals surface area (Å²) in [5.41, 5.74) is 4.89. The molecule has 5 N–H and O–H groups in total. The van der Waals surface area contributed by atoms with Crippen molar-refractivity contribution < 1.29 is 5.11 Å². The Bertz CT molecular complexity index is 252. The van der Waals surface area contributed by atoms with Gasteiger partial charge in [0.1, 0.15) is 5.82 Å². The normalized spacial score (nSPS) is 13.4. The molecule has 56 valence electrons. The van der Waals surface area contributed by atoms with Crippen molar-refractivity contribution in [2.24, 2.45) is 5.73 Å². The number of rotatable bonds is 2. The van der Waals surface area contributed by atoms with E-state index in [1.165, 1.54) is 0 Å². The summed E-state index contributed by atoms with van der Waals surface area (Å²) in [5.74, 6) is 0.271. The number of hydrogen-bond donors (Lipinski definition) is 4. The quantitative estimate of drug-likeness (QED) is 0.388. The highest BCUT2D eigenvalue weighted by Gasteiger charge is 2.06. The van der Waals surface area contributed by atoms with Crippen molar-refractivity contribution >= 4 is 0 Å². The van der Waals surface area contributed by atoms with Gasteiger partial charge in [-0.2, -0.15) is 5.10 Å². The first-order chi connectivity index (χ1) is 4.74. The molecule has 1 aromatic rings. The van der Waals surface area contributed by atoms with Gasteiger partial charge in [0.25, 0.3) is 0 Å². The fourth-order valence-corrected chi connectivity index (χ4v) is 0.545. The van der Waals surface area contributed by atoms with Crippen molar-refractivity contribution in [2.45, 2.75) is 6.04 Å². The maximum absolute atomic E-state index is 10.4. The Balaban J connectivity index is 2.84. The topological polar surface area (TPSA) is 108 Å². The van der Waals surface area contributed by atoms with Gasteiger partial charge in [0, 0.05) is 0 Å². The van der Waals surface area contributed by atoms with E-state index in [1.807, 2.05) is 0 Å². The Labute approximate surface area is 56.1 Å². The predicted octanol–water partition coefficient (Wildman–Crippen LogP) is -1.91. The second-order valence-electron chi connectivity index (χ2n) is 1.85. The first-order valence-corrected chi connectivity index (χ1v) is 2.75. The second kappa shape index (κ2) is 2.63. The first kappa shape index (κ1) is 6.97. The Morgan fingerprint density at radius 2 is 2.50 bits per heavy atom. The number of H-pyrrole nitrogens is 2. The molecule has 6 nitrogen and oxygen atoms in total. The number of aromatic amines is 2. The molecule has 6 heteroatoms. The molecule has 0 unspecified atom stereocenters. The van der Waals surface area contributed by atoms with Gasteiger partial charge >= 0.3 is 5.69 Å². The van der Waals surface area contributed by atoms with E-state index in [-0.39, 0.29) is 12.4 Å². The zero-order valence-electron chi connectivity index (χ0n) is 5.16. The Morgan fingerprint density at radius 3 is 2.90 bits per heavy atom. The average Bonchev–Trinajstić information content (AvgIpc) is 2.34. The maximum Gasteiger partial charge on any atom is 0.340 e. The van der Waals surface area contributed by atoms with Crippen molar-refractivity contribution in [3.63, 3.8) is 0 Å². The number of nitrogens with two attached hydrogens (primary N) is 1. The Hall–Kier alpha value is -1.14. The molecule has 0 spiro atoms. The number of hydrogen-bond acceptors (Lipinski definition) is 4. The number of nitrogens with one attached hydrogen (secondary N) is 2. The van der Waals surface area contributed by atoms with E-state index in [1.54, 1.807) is 0 Å². The summed E-state index contributed by atoms with van der Waals surface area (Å²) >= 11 is 0. The highest BCUT2D eigenvalue weighted by molar-refractivity contribution is 4.88. The molecule has 0 bridgehead atoms. The molecule has 0 amide bonds. The summed E-state index contributed by atoms with van der Waals surface area (Å²) in [7, 11) is 0. The highest BCUT2D eigenvalue weighted by Crippen LogP contribution is 1.96. The molecule has 0 aromatic carbocycles. The maximum atomic E-state index is 10.4. The zero-order chi connectivity index (χ0) is 7.56. The second-order valence-corrected chi connectivity index (χ2v) is 1.85. The number of aromatic nitrogens is 3. The predicted molar refractivity (Wildman–Crippen MR) is 33.2 cm³/mol. The van der Waals surface area contributed by atoms with Gasteiger partial charge < -0.3 is 10.8 Å². The first-order valence-electron chi connectivity index (χ1n) is 2.75. The van der Waals surface area contributed by atoms with E-state index in [2.05, 4.69) is 15.2 Å². The van der Waals surface area contributed by atoms with E-state index < -0.39 is 11.7 Å². The molecule has 1 aromatic heterocycles. The minimum atomic E-state index is -0.612. The summed E-state index contributed by atoms with van der Waals surface area (Å²) in [6.07, 6.45) is 0. The number of aliphatic hydroxyl groups is 1. The van der Waals surface area contributed by atoms with Crippen molar-refractivity contribution in [3.05, 3.63) is 16.3 Å². The lowest BCUT2D eigenvalue weighted by molar-refractivity contribution is 0.263. The molecule has 1 atom stereocenters. The third-order valence-corrected chi connectivity index (χ3v) is 1.07. The van der Waals surface area contributed by atoms with Crippen molar-refractivity contribution in [3.8, 4) is 0 Å². The van der Waals surface area contributed by atoms with Crippen LogP contribution in [0, 0.1) is 0 Å². The van der Waals surface area contributed by atoms with Gasteiger partial charge in [0.2, 0.25) is 0 Å². The van der Waals surface area contributed by atoms with Crippen LogP contribution in [0.25, 0.3) is 0 Å². The summed E-state index contributed by atoms with van der Waals surface area (Å²) in [4.78, 5) is 12.7. The van der Waals surface area contributed by atoms with E-state index in [0.29, 0.717) is 0 Å². The third-order valence-electron chi connectivity index (χ3n) is 1.07. The lowest BCUT2D eigenvalue weighted by atomic mass is 10.3. The summed E-state index contributed by atoms with van der Waals surface area (Å²) in [5, 5.41) is 14.1. The van der Waals surface area contributed by atoms with E-state index in [4.69, 9.17) is 10.8 Å². The molecule has 0 saturated heterocycles. The molecular weight excluding hydrogens is 136 g/mol. The van der Waals surface area contributed by atoms with Crippen molar-refractivity contribution in [1.29, 1.82) is 0 Å². The molecule has 0 aliphatic heterocycles. The van der Waals surface area contributed by atoms with E-state index in [0.717, 1.165) is 0 Å². The smallest absolute Gasteiger partial charge is 0.340 e. The van der Waals surface area contributed by atoms with Crippen LogP contribution in [-0.2, 0) is 0 Å². The van der Waals surface area contributed by atoms with Crippen LogP contribution < -0.4 is 11.4 Å². The minimum absolute atomic E-state index is 0.235. The van der Waals surface area contributed by atoms with Gasteiger partial charge in [-0.25, -0.2) is 9.89 Å². The van der Waals surface area contributed by atoms with Gasteiger partial charge in [0.05, 0.1) is 12.6 Å². The van der Waals surface area contributed by atoms with E-state index in [9.17, 15) is 4.79 Å². The third kappa shape index (κ3) is 1.23. The minimum Gasteiger partial charge on any atom is -0.394 e. The Morgan fingerprint density at radius 1 is 1.80 bits per heavy atom. The van der Waals surface area contributed by atoms with Crippen LogP contribution in [0.3, 0.4) is 0 Å². The molecular formula is C4H8N4O2. The Kier molecular flexibility index (Phi) is 1.83. The lowest BCUT2D eigenvalue weighted by Gasteiger charge is -1.99. The van der Waals surface area contributed by atoms with Crippen LogP contribution in [0.2, 0.25) is 0 Å². The molecule has 0 saturated carbocycles. The largest absolute Gasteiger partial charge is 0.394 e. The molecule has 0 radical (unpaired) electrons. The van der Waals surface area contributed by atoms with E-state index >= 15 is 0 Å². The highest BCUT2D eigenvalue weighted by atomic mass is 16.3. The van der Waals surface area contributed by atoms with Crippen molar-refractivity contribution in [2.75, 3.05) is 6.61 Å². The SMILES string of the molecule is N[C@H](CO)c1n[nH]c(=O)[nH]1. The fraction of sp³-hybridized carbons (Fsp3) is 0.500. The van der Waals surface area contributed by atoms with Crippen LogP contribution >= 0.6 is 0 Å². The van der Waals surface area contributed by atoms with Gasteiger partial charge in [-0.05, 0) is 0 Å². The summed E-state index contributed by atoms with van der Waals surface area (Å²) < 4.78 is 0. The average molecular weight is 144 g/mol. The van der Waals surface area contributed by atoms with Crippen LogP contribution in [0.5, 0.6) is 0 Å². The van der Waals surface area contributed by atoms with Crippen LogP contribution in [0.4, 0.5) is 0 Å². The lowest BCUT2D eigenvalue weighted by Crippen LogP contribution is -2.16. The standard InChI is InChI=1S/C4H8N4O2/c5-2(1-9)3-6-4(10)8-7-3/h2,9H,1,5H2,(H2,6,7,8,10)/t2-/m1/s1. The summed E-state index contributed by atoms with van der Waals surface area (Å²) in [6, 6.07) is -0.612. The number of nitrogens with zero attached hydrogens (tertiary/aromatic N) is 1. The molecule has 0 fully saturated rings. The van der Waals surface area contributed by atoms with Crippen LogP contribution in [0.15, 0.2) is 4.79 Å². The van der Waals surface area contributed by atoms with Gasteiger partial charge in [0.15, 0.2) is 0 Å². The molecule has 1 heterocycles. The molecule has 0 aliphatic carbocycles. The van der Waals surface area contributed by atoms with Crippen LogP contribution in [-0.4, -0.2) is 26.9 Å². The van der Waals surface area contributed by atoms with Gasteiger partial charge in [-0.3, -0.25) is 4.98 Å². The monoisotopic (exact) mass is 144 g/mol. The van der Waals surface area contributed by atoms with Gasteiger partial charge in [-0.15, -0.1) is 0 Å². The van der Waals surface area contributed by atoms with Gasteiger partial charge in [-0.1, -0.05) is 0 Å². The fourth-order valence-electron chi connectivity index (χ4n) is 0.545. The van der Waals surface area contributed by atoms with Crippen molar-refractivity contribution in [1.82, 2.24) is 15.2 Å². The molecule has 0 aliphatic rings.